The summed E-state index contributed by atoms with van der Waals surface area (Å²) in [5, 5.41) is 0. The molecule has 2 atom stereocenters. The first-order valence-electron chi connectivity index (χ1n) is 13.3. The Morgan fingerprint density at radius 3 is 1.41 bits per heavy atom. The molecule has 0 bridgehead atoms. The Kier molecular flexibility index (Phi) is 34.1. The Morgan fingerprint density at radius 2 is 1.06 bits per heavy atom. The summed E-state index contributed by atoms with van der Waals surface area (Å²) >= 11 is 0. The van der Waals surface area contributed by atoms with E-state index in [4.69, 9.17) is 9.05 Å². The summed E-state index contributed by atoms with van der Waals surface area (Å²) in [5.41, 5.74) is 0. The summed E-state index contributed by atoms with van der Waals surface area (Å²) in [5.74, 6) is 0.607. The van der Waals surface area contributed by atoms with Crippen molar-refractivity contribution in [3.63, 3.8) is 0 Å². The first-order chi connectivity index (χ1) is 14.9. The molecule has 0 aliphatic carbocycles. The largest absolute Gasteiger partial charge is 0.756 e. The molecule has 4 nitrogen and oxygen atoms in total. The number of phosphoric ester groups is 1. The molecule has 0 radical (unpaired) electrons. The molecule has 0 spiro atoms. The van der Waals surface area contributed by atoms with Gasteiger partial charge in [-0.1, -0.05) is 118 Å². The van der Waals surface area contributed by atoms with Crippen LogP contribution in [-0.2, 0) is 13.6 Å². The predicted molar refractivity (Wildman–Crippen MR) is 134 cm³/mol. The van der Waals surface area contributed by atoms with Gasteiger partial charge in [0.25, 0.3) is 7.82 Å². The second kappa shape index (κ2) is 28.7. The van der Waals surface area contributed by atoms with Gasteiger partial charge >= 0.3 is 0 Å². The van der Waals surface area contributed by atoms with Crippen LogP contribution >= 0.6 is 7.82 Å². The molecule has 0 amide bonds. The van der Waals surface area contributed by atoms with Gasteiger partial charge < -0.3 is 20.9 Å². The summed E-state index contributed by atoms with van der Waals surface area (Å²) in [7, 11) is -4.14. The quantitative estimate of drug-likeness (QED) is 0.0744. The number of phosphoric acid groups is 1. The SMILES string of the molecule is CCCCC(CC)COP(=O)([O-])OCC(CC)CCCC.[CH2-]CCCCCCCCC.[Nd]. The van der Waals surface area contributed by atoms with Crippen molar-refractivity contribution in [2.45, 2.75) is 137 Å². The fourth-order valence-electron chi connectivity index (χ4n) is 3.36. The minimum atomic E-state index is -4.14. The van der Waals surface area contributed by atoms with E-state index in [9.17, 15) is 9.46 Å². The molecule has 0 saturated heterocycles. The average Bonchev–Trinajstić information content (AvgIpc) is 2.77. The van der Waals surface area contributed by atoms with E-state index in [-0.39, 0.29) is 54.1 Å². The van der Waals surface area contributed by atoms with E-state index >= 15 is 0 Å². The molecule has 0 heterocycles. The summed E-state index contributed by atoms with van der Waals surface area (Å²) in [6.07, 6.45) is 19.3. The first kappa shape index (κ1) is 38.0. The zero-order valence-electron chi connectivity index (χ0n) is 22.2. The van der Waals surface area contributed by atoms with Crippen LogP contribution in [-0.4, -0.2) is 13.2 Å². The van der Waals surface area contributed by atoms with Crippen molar-refractivity contribution in [3.8, 4) is 0 Å². The fraction of sp³-hybridized carbons (Fsp3) is 0.962. The van der Waals surface area contributed by atoms with Crippen molar-refractivity contribution < 1.29 is 59.3 Å². The monoisotopic (exact) mass is 604 g/mol. The Labute approximate surface area is 234 Å². The molecule has 0 N–H and O–H groups in total. The van der Waals surface area contributed by atoms with E-state index < -0.39 is 7.82 Å². The van der Waals surface area contributed by atoms with E-state index in [0.717, 1.165) is 57.8 Å². The molecule has 0 aromatic carbocycles. The zero-order chi connectivity index (χ0) is 23.8. The van der Waals surface area contributed by atoms with E-state index in [1.54, 1.807) is 0 Å². The summed E-state index contributed by atoms with van der Waals surface area (Å²) in [6, 6.07) is 0. The van der Waals surface area contributed by atoms with E-state index in [0.29, 0.717) is 11.8 Å². The molecule has 2 unspecified atom stereocenters. The van der Waals surface area contributed by atoms with Crippen LogP contribution < -0.4 is 4.89 Å². The van der Waals surface area contributed by atoms with Crippen molar-refractivity contribution in [1.82, 2.24) is 0 Å². The van der Waals surface area contributed by atoms with Gasteiger partial charge in [0.1, 0.15) is 0 Å². The number of hydrogen-bond donors (Lipinski definition) is 0. The van der Waals surface area contributed by atoms with Gasteiger partial charge in [-0.25, -0.2) is 0 Å². The molecule has 0 fully saturated rings. The number of hydrogen-bond acceptors (Lipinski definition) is 4. The Morgan fingerprint density at radius 1 is 0.688 bits per heavy atom. The van der Waals surface area contributed by atoms with Gasteiger partial charge in [0.15, 0.2) is 0 Å². The Balaban J connectivity index is -0.000000646. The van der Waals surface area contributed by atoms with Crippen LogP contribution in [0.3, 0.4) is 0 Å². The Hall–Kier alpha value is 1.46. The fourth-order valence-corrected chi connectivity index (χ4v) is 4.22. The maximum absolute atomic E-state index is 11.8. The van der Waals surface area contributed by atoms with Gasteiger partial charge in [-0.15, -0.1) is 0 Å². The molecule has 32 heavy (non-hydrogen) atoms. The van der Waals surface area contributed by atoms with Gasteiger partial charge in [-0.3, -0.25) is 4.57 Å². The van der Waals surface area contributed by atoms with Crippen LogP contribution in [0.2, 0.25) is 0 Å². The van der Waals surface area contributed by atoms with Gasteiger partial charge in [0.05, 0.1) is 13.2 Å². The van der Waals surface area contributed by atoms with Gasteiger partial charge in [-0.05, 0) is 24.7 Å². The minimum absolute atomic E-state index is 0. The van der Waals surface area contributed by atoms with Crippen LogP contribution in [0.1, 0.15) is 137 Å². The molecule has 0 rings (SSSR count). The van der Waals surface area contributed by atoms with Crippen molar-refractivity contribution in [1.29, 1.82) is 0 Å². The van der Waals surface area contributed by atoms with Gasteiger partial charge in [0.2, 0.25) is 0 Å². The van der Waals surface area contributed by atoms with Crippen molar-refractivity contribution in [2.75, 3.05) is 13.2 Å². The molecule has 0 aliphatic rings. The first-order valence-corrected chi connectivity index (χ1v) is 14.8. The van der Waals surface area contributed by atoms with E-state index in [1.807, 2.05) is 0 Å². The smallest absolute Gasteiger partial charge is 0.267 e. The number of unbranched alkanes of at least 4 members (excludes halogenated alkanes) is 9. The maximum atomic E-state index is 11.8. The maximum Gasteiger partial charge on any atom is 0.267 e. The predicted octanol–water partition coefficient (Wildman–Crippen LogP) is 8.88. The normalized spacial score (nSPS) is 14.6. The molecule has 0 saturated carbocycles. The molecule has 0 aromatic rings. The molecule has 0 aromatic heterocycles. The molecule has 194 valence electrons. The Bertz CT molecular complexity index is 364. The van der Waals surface area contributed by atoms with Gasteiger partial charge in [-0.2, -0.15) is 6.42 Å². The second-order valence-electron chi connectivity index (χ2n) is 8.85. The standard InChI is InChI=1S/C16H35O4P.C10H21.Nd/c1-5-9-11-15(7-3)13-19-21(17,18)20-14-16(8-4)12-10-6-2;1-3-5-7-9-10-8-6-4-2;/h15-16H,5-14H2,1-4H3,(H,17,18);1,3-10H2,2H3;/q;-1;/p-1. The van der Waals surface area contributed by atoms with Crippen molar-refractivity contribution in [2.24, 2.45) is 11.8 Å². The summed E-state index contributed by atoms with van der Waals surface area (Å²) in [6.45, 7) is 15.0. The topological polar surface area (TPSA) is 58.6 Å². The van der Waals surface area contributed by atoms with E-state index in [2.05, 4.69) is 41.5 Å². The molecule has 0 aliphatic heterocycles. The third-order valence-corrected chi connectivity index (χ3v) is 6.81. The average molecular weight is 607 g/mol. The van der Waals surface area contributed by atoms with Gasteiger partial charge in [0, 0.05) is 40.8 Å². The van der Waals surface area contributed by atoms with Crippen LogP contribution in [0.15, 0.2) is 0 Å². The van der Waals surface area contributed by atoms with Crippen molar-refractivity contribution >= 4 is 7.82 Å². The van der Waals surface area contributed by atoms with E-state index in [1.165, 1.54) is 44.9 Å². The van der Waals surface area contributed by atoms with Crippen LogP contribution in [0.25, 0.3) is 0 Å². The summed E-state index contributed by atoms with van der Waals surface area (Å²) < 4.78 is 21.9. The summed E-state index contributed by atoms with van der Waals surface area (Å²) in [4.78, 5) is 11.8. The molecular weight excluding hydrogens is 551 g/mol. The van der Waals surface area contributed by atoms with Crippen LogP contribution in [0, 0.1) is 59.6 Å². The van der Waals surface area contributed by atoms with Crippen molar-refractivity contribution in [3.05, 3.63) is 6.92 Å². The molecule has 6 heteroatoms. The third kappa shape index (κ3) is 27.7. The number of rotatable bonds is 21. The third-order valence-electron chi connectivity index (χ3n) is 5.88. The minimum Gasteiger partial charge on any atom is -0.756 e. The van der Waals surface area contributed by atoms with Crippen LogP contribution in [0.5, 0.6) is 0 Å². The zero-order valence-corrected chi connectivity index (χ0v) is 26.3. The molecular formula is C26H55NdO4P-2. The van der Waals surface area contributed by atoms with Crippen LogP contribution in [0.4, 0.5) is 0 Å². The second-order valence-corrected chi connectivity index (χ2v) is 10.3.